The number of benzene rings is 2. The fourth-order valence-electron chi connectivity index (χ4n) is 3.16. The van der Waals surface area contributed by atoms with Crippen LogP contribution in [0.15, 0.2) is 47.4 Å². The summed E-state index contributed by atoms with van der Waals surface area (Å²) in [6, 6.07) is 13.7. The minimum Gasteiger partial charge on any atom is -0.376 e. The van der Waals surface area contributed by atoms with Gasteiger partial charge in [0.05, 0.1) is 12.2 Å². The van der Waals surface area contributed by atoms with Crippen molar-refractivity contribution < 1.29 is 9.59 Å². The van der Waals surface area contributed by atoms with Crippen molar-refractivity contribution in [2.24, 2.45) is 0 Å². The molecule has 0 aromatic heterocycles. The average Bonchev–Trinajstić information content (AvgIpc) is 2.80. The monoisotopic (exact) mass is 383 g/mol. The first-order chi connectivity index (χ1) is 13.0. The van der Waals surface area contributed by atoms with Crippen molar-refractivity contribution in [3.63, 3.8) is 0 Å². The van der Waals surface area contributed by atoms with Gasteiger partial charge in [0.15, 0.2) is 0 Å². The molecule has 27 heavy (non-hydrogen) atoms. The highest BCUT2D eigenvalue weighted by Gasteiger charge is 2.23. The van der Waals surface area contributed by atoms with Crippen molar-refractivity contribution in [2.45, 2.75) is 37.3 Å². The maximum Gasteiger partial charge on any atom is 0.246 e. The number of nitrogens with one attached hydrogen (secondary N) is 2. The van der Waals surface area contributed by atoms with Crippen LogP contribution in [0, 0.1) is 6.92 Å². The Labute approximate surface area is 164 Å². The van der Waals surface area contributed by atoms with Crippen LogP contribution >= 0.6 is 11.8 Å². The first-order valence-corrected chi connectivity index (χ1v) is 10.0. The van der Waals surface area contributed by atoms with E-state index in [0.717, 1.165) is 40.5 Å². The SMILES string of the molecule is CC(=O)Nc1cccc(NCC(=O)N2CCC(C)Sc3ccccc32)c1C. The van der Waals surface area contributed by atoms with E-state index in [0.29, 0.717) is 5.25 Å². The number of anilines is 3. The normalized spacial score (nSPS) is 16.3. The molecule has 1 aliphatic rings. The van der Waals surface area contributed by atoms with Gasteiger partial charge < -0.3 is 15.5 Å². The molecule has 2 aromatic rings. The smallest absolute Gasteiger partial charge is 0.246 e. The molecular formula is C21H25N3O2S. The van der Waals surface area contributed by atoms with Crippen LogP contribution in [0.2, 0.25) is 0 Å². The lowest BCUT2D eigenvalue weighted by atomic mass is 10.1. The van der Waals surface area contributed by atoms with E-state index in [9.17, 15) is 9.59 Å². The lowest BCUT2D eigenvalue weighted by Gasteiger charge is -2.23. The summed E-state index contributed by atoms with van der Waals surface area (Å²) < 4.78 is 0. The van der Waals surface area contributed by atoms with Crippen molar-refractivity contribution in [2.75, 3.05) is 28.6 Å². The summed E-state index contributed by atoms with van der Waals surface area (Å²) in [5.41, 5.74) is 3.51. The summed E-state index contributed by atoms with van der Waals surface area (Å²) in [5, 5.41) is 6.53. The molecule has 0 saturated heterocycles. The van der Waals surface area contributed by atoms with E-state index in [-0.39, 0.29) is 18.4 Å². The predicted molar refractivity (Wildman–Crippen MR) is 113 cm³/mol. The second-order valence-corrected chi connectivity index (χ2v) is 8.22. The number of rotatable bonds is 4. The van der Waals surface area contributed by atoms with Gasteiger partial charge in [0.1, 0.15) is 0 Å². The number of amides is 2. The zero-order valence-corrected chi connectivity index (χ0v) is 16.7. The summed E-state index contributed by atoms with van der Waals surface area (Å²) in [4.78, 5) is 27.3. The van der Waals surface area contributed by atoms with Crippen LogP contribution in [0.4, 0.5) is 17.1 Å². The Morgan fingerprint density at radius 1 is 1.15 bits per heavy atom. The van der Waals surface area contributed by atoms with E-state index < -0.39 is 0 Å². The third-order valence-electron chi connectivity index (χ3n) is 4.62. The summed E-state index contributed by atoms with van der Waals surface area (Å²) in [6.07, 6.45) is 0.960. The fraction of sp³-hybridized carbons (Fsp3) is 0.333. The molecule has 2 aromatic carbocycles. The highest BCUT2D eigenvalue weighted by Crippen LogP contribution is 2.37. The molecule has 0 radical (unpaired) electrons. The third-order valence-corrected chi connectivity index (χ3v) is 5.86. The molecule has 0 aliphatic carbocycles. The van der Waals surface area contributed by atoms with E-state index in [4.69, 9.17) is 0 Å². The number of fused-ring (bicyclic) bond motifs is 1. The second kappa shape index (κ2) is 8.48. The lowest BCUT2D eigenvalue weighted by molar-refractivity contribution is -0.117. The van der Waals surface area contributed by atoms with E-state index in [1.807, 2.05) is 60.0 Å². The molecule has 1 atom stereocenters. The largest absolute Gasteiger partial charge is 0.376 e. The third kappa shape index (κ3) is 4.63. The fourth-order valence-corrected chi connectivity index (χ4v) is 4.28. The average molecular weight is 384 g/mol. The van der Waals surface area contributed by atoms with Gasteiger partial charge in [-0.25, -0.2) is 0 Å². The van der Waals surface area contributed by atoms with Gasteiger partial charge in [-0.2, -0.15) is 0 Å². The highest BCUT2D eigenvalue weighted by atomic mass is 32.2. The van der Waals surface area contributed by atoms with Crippen molar-refractivity contribution in [3.05, 3.63) is 48.0 Å². The van der Waals surface area contributed by atoms with Crippen molar-refractivity contribution >= 4 is 40.6 Å². The number of carbonyl (C=O) groups is 2. The molecule has 0 saturated carbocycles. The molecule has 0 fully saturated rings. The minimum absolute atomic E-state index is 0.0430. The molecule has 1 unspecified atom stereocenters. The molecule has 0 spiro atoms. The van der Waals surface area contributed by atoms with Gasteiger partial charge in [-0.3, -0.25) is 9.59 Å². The second-order valence-electron chi connectivity index (χ2n) is 6.74. The van der Waals surface area contributed by atoms with Gasteiger partial charge in [0.2, 0.25) is 11.8 Å². The Morgan fingerprint density at radius 3 is 2.67 bits per heavy atom. The zero-order chi connectivity index (χ0) is 19.4. The van der Waals surface area contributed by atoms with Gasteiger partial charge >= 0.3 is 0 Å². The highest BCUT2D eigenvalue weighted by molar-refractivity contribution is 8.00. The number of hydrogen-bond donors (Lipinski definition) is 2. The lowest BCUT2D eigenvalue weighted by Crippen LogP contribution is -2.36. The van der Waals surface area contributed by atoms with Gasteiger partial charge in [0.25, 0.3) is 0 Å². The summed E-state index contributed by atoms with van der Waals surface area (Å²) in [5.74, 6) is -0.0689. The number of carbonyl (C=O) groups excluding carboxylic acids is 2. The summed E-state index contributed by atoms with van der Waals surface area (Å²) in [7, 11) is 0. The van der Waals surface area contributed by atoms with Gasteiger partial charge in [-0.1, -0.05) is 25.1 Å². The van der Waals surface area contributed by atoms with Crippen molar-refractivity contribution in [1.82, 2.24) is 0 Å². The van der Waals surface area contributed by atoms with Crippen molar-refractivity contribution in [1.29, 1.82) is 0 Å². The molecule has 3 rings (SSSR count). The maximum atomic E-state index is 13.0. The molecule has 1 heterocycles. The molecule has 142 valence electrons. The molecule has 1 aliphatic heterocycles. The zero-order valence-electron chi connectivity index (χ0n) is 15.9. The first kappa shape index (κ1) is 19.3. The van der Waals surface area contributed by atoms with E-state index in [2.05, 4.69) is 23.6 Å². The Balaban J connectivity index is 1.74. The van der Waals surface area contributed by atoms with Gasteiger partial charge in [0, 0.05) is 35.0 Å². The topological polar surface area (TPSA) is 61.4 Å². The van der Waals surface area contributed by atoms with E-state index in [1.165, 1.54) is 6.92 Å². The van der Waals surface area contributed by atoms with Crippen LogP contribution < -0.4 is 15.5 Å². The van der Waals surface area contributed by atoms with Crippen LogP contribution in [0.5, 0.6) is 0 Å². The number of para-hydroxylation sites is 1. The molecule has 0 bridgehead atoms. The van der Waals surface area contributed by atoms with Crippen LogP contribution in [-0.4, -0.2) is 30.2 Å². The summed E-state index contributed by atoms with van der Waals surface area (Å²) in [6.45, 7) is 6.54. The van der Waals surface area contributed by atoms with E-state index in [1.54, 1.807) is 0 Å². The Kier molecular flexibility index (Phi) is 6.06. The minimum atomic E-state index is -0.112. The first-order valence-electron chi connectivity index (χ1n) is 9.13. The molecular weight excluding hydrogens is 358 g/mol. The molecule has 2 amide bonds. The maximum absolute atomic E-state index is 13.0. The van der Waals surface area contributed by atoms with Crippen LogP contribution in [0.1, 0.15) is 25.8 Å². The Morgan fingerprint density at radius 2 is 1.89 bits per heavy atom. The number of nitrogens with zero attached hydrogens (tertiary/aromatic N) is 1. The van der Waals surface area contributed by atoms with Crippen molar-refractivity contribution in [3.8, 4) is 0 Å². The van der Waals surface area contributed by atoms with Gasteiger partial charge in [-0.15, -0.1) is 11.8 Å². The Hall–Kier alpha value is -2.47. The van der Waals surface area contributed by atoms with Crippen LogP contribution in [-0.2, 0) is 9.59 Å². The van der Waals surface area contributed by atoms with Crippen LogP contribution in [0.3, 0.4) is 0 Å². The standard InChI is InChI=1S/C21H25N3O2S/c1-14-11-12-24(19-9-4-5-10-20(19)27-14)21(26)13-22-17-7-6-8-18(15(17)2)23-16(3)25/h4-10,14,22H,11-13H2,1-3H3,(H,23,25). The molecule has 2 N–H and O–H groups in total. The summed E-state index contributed by atoms with van der Waals surface area (Å²) >= 11 is 1.82. The number of thioether (sulfide) groups is 1. The van der Waals surface area contributed by atoms with E-state index >= 15 is 0 Å². The molecule has 6 heteroatoms. The molecule has 5 nitrogen and oxygen atoms in total. The quantitative estimate of drug-likeness (QED) is 0.827. The van der Waals surface area contributed by atoms with Crippen LogP contribution in [0.25, 0.3) is 0 Å². The van der Waals surface area contributed by atoms with Gasteiger partial charge in [-0.05, 0) is 43.2 Å². The predicted octanol–water partition coefficient (Wildman–Crippen LogP) is 4.28. The Bertz CT molecular complexity index is 853. The number of hydrogen-bond acceptors (Lipinski definition) is 4.